The zero-order valence-electron chi connectivity index (χ0n) is 7.97. The van der Waals surface area contributed by atoms with Gasteiger partial charge in [-0.15, -0.1) is 11.3 Å². The Morgan fingerprint density at radius 3 is 3.00 bits per heavy atom. The number of halogens is 1. The molecule has 76 valence electrons. The van der Waals surface area contributed by atoms with Crippen molar-refractivity contribution in [1.29, 1.82) is 0 Å². The first-order valence-electron chi connectivity index (χ1n) is 4.72. The van der Waals surface area contributed by atoms with Crippen molar-refractivity contribution in [1.82, 2.24) is 5.32 Å². The van der Waals surface area contributed by atoms with Gasteiger partial charge >= 0.3 is 0 Å². The smallest absolute Gasteiger partial charge is 0.189 e. The number of thiophene rings is 1. The summed E-state index contributed by atoms with van der Waals surface area (Å²) in [6.07, 6.45) is 2.09. The highest BCUT2D eigenvalue weighted by Gasteiger charge is 2.24. The molecule has 0 aliphatic carbocycles. The van der Waals surface area contributed by atoms with Crippen LogP contribution in [0, 0.1) is 6.92 Å². The SMILES string of the molecule is Cc1sc(C(=O)C2CCCN2)cc1Br. The van der Waals surface area contributed by atoms with Crippen molar-refractivity contribution in [2.75, 3.05) is 6.54 Å². The fraction of sp³-hybridized carbons (Fsp3) is 0.500. The lowest BCUT2D eigenvalue weighted by molar-refractivity contribution is 0.0956. The molecule has 1 aromatic heterocycles. The Bertz CT molecular complexity index is 336. The van der Waals surface area contributed by atoms with E-state index in [1.165, 1.54) is 4.88 Å². The predicted molar refractivity (Wildman–Crippen MR) is 62.1 cm³/mol. The number of rotatable bonds is 2. The van der Waals surface area contributed by atoms with Crippen molar-refractivity contribution in [2.45, 2.75) is 25.8 Å². The predicted octanol–water partition coefficient (Wildman–Crippen LogP) is 2.75. The van der Waals surface area contributed by atoms with Crippen molar-refractivity contribution in [3.05, 3.63) is 20.3 Å². The second kappa shape index (κ2) is 4.13. The topological polar surface area (TPSA) is 29.1 Å². The lowest BCUT2D eigenvalue weighted by Gasteiger charge is -2.05. The van der Waals surface area contributed by atoms with E-state index in [0.29, 0.717) is 0 Å². The highest BCUT2D eigenvalue weighted by molar-refractivity contribution is 9.10. The van der Waals surface area contributed by atoms with E-state index in [9.17, 15) is 4.79 Å². The fourth-order valence-corrected chi connectivity index (χ4v) is 3.19. The van der Waals surface area contributed by atoms with Crippen LogP contribution in [0.5, 0.6) is 0 Å². The van der Waals surface area contributed by atoms with Crippen LogP contribution < -0.4 is 5.32 Å². The standard InChI is InChI=1S/C10H12BrNOS/c1-6-7(11)5-9(14-6)10(13)8-3-2-4-12-8/h5,8,12H,2-4H2,1H3. The summed E-state index contributed by atoms with van der Waals surface area (Å²) in [7, 11) is 0. The van der Waals surface area contributed by atoms with Gasteiger partial charge in [-0.05, 0) is 48.3 Å². The Hall–Kier alpha value is -0.190. The minimum Gasteiger partial charge on any atom is -0.307 e. The molecule has 0 amide bonds. The lowest BCUT2D eigenvalue weighted by atomic mass is 10.1. The van der Waals surface area contributed by atoms with Crippen molar-refractivity contribution in [2.24, 2.45) is 0 Å². The first kappa shape index (κ1) is 10.3. The summed E-state index contributed by atoms with van der Waals surface area (Å²) < 4.78 is 1.05. The average molecular weight is 274 g/mol. The summed E-state index contributed by atoms with van der Waals surface area (Å²) in [5.41, 5.74) is 0. The molecule has 1 atom stereocenters. The van der Waals surface area contributed by atoms with Crippen LogP contribution >= 0.6 is 27.3 Å². The average Bonchev–Trinajstić information content (AvgIpc) is 2.76. The molecule has 1 fully saturated rings. The Balaban J connectivity index is 2.18. The van der Waals surface area contributed by atoms with Gasteiger partial charge in [0, 0.05) is 9.35 Å². The quantitative estimate of drug-likeness (QED) is 0.840. The first-order valence-corrected chi connectivity index (χ1v) is 6.33. The highest BCUT2D eigenvalue weighted by Crippen LogP contribution is 2.28. The first-order chi connectivity index (χ1) is 6.68. The molecule has 0 radical (unpaired) electrons. The van der Waals surface area contributed by atoms with Gasteiger partial charge in [0.15, 0.2) is 5.78 Å². The van der Waals surface area contributed by atoms with Crippen molar-refractivity contribution in [3.8, 4) is 0 Å². The second-order valence-corrected chi connectivity index (χ2v) is 5.64. The van der Waals surface area contributed by atoms with Gasteiger partial charge in [0.05, 0.1) is 10.9 Å². The lowest BCUT2D eigenvalue weighted by Crippen LogP contribution is -2.30. The summed E-state index contributed by atoms with van der Waals surface area (Å²) in [5, 5.41) is 3.23. The van der Waals surface area contributed by atoms with Gasteiger partial charge in [0.2, 0.25) is 0 Å². The number of Topliss-reactive ketones (excluding diaryl/α,β-unsaturated/α-hetero) is 1. The summed E-state index contributed by atoms with van der Waals surface area (Å²) >= 11 is 5.00. The van der Waals surface area contributed by atoms with Gasteiger partial charge < -0.3 is 5.32 Å². The van der Waals surface area contributed by atoms with E-state index in [1.807, 2.05) is 13.0 Å². The van der Waals surface area contributed by atoms with Gasteiger partial charge in [-0.25, -0.2) is 0 Å². The van der Waals surface area contributed by atoms with E-state index >= 15 is 0 Å². The third kappa shape index (κ3) is 1.92. The highest BCUT2D eigenvalue weighted by atomic mass is 79.9. The minimum atomic E-state index is 0.0555. The van der Waals surface area contributed by atoms with E-state index in [2.05, 4.69) is 21.2 Å². The largest absolute Gasteiger partial charge is 0.307 e. The molecule has 2 nitrogen and oxygen atoms in total. The van der Waals surface area contributed by atoms with Gasteiger partial charge in [0.25, 0.3) is 0 Å². The molecule has 14 heavy (non-hydrogen) atoms. The normalized spacial score (nSPS) is 21.4. The molecule has 1 unspecified atom stereocenters. The summed E-state index contributed by atoms with van der Waals surface area (Å²) in [6.45, 7) is 3.00. The fourth-order valence-electron chi connectivity index (χ4n) is 1.66. The monoisotopic (exact) mass is 273 g/mol. The van der Waals surface area contributed by atoms with Crippen LogP contribution in [0.4, 0.5) is 0 Å². The van der Waals surface area contributed by atoms with Crippen LogP contribution in [0.25, 0.3) is 0 Å². The number of ketones is 1. The van der Waals surface area contributed by atoms with Gasteiger partial charge in [-0.1, -0.05) is 0 Å². The molecule has 0 aromatic carbocycles. The molecule has 2 rings (SSSR count). The van der Waals surface area contributed by atoms with E-state index in [1.54, 1.807) is 11.3 Å². The van der Waals surface area contributed by atoms with Gasteiger partial charge in [-0.3, -0.25) is 4.79 Å². The molecular formula is C10H12BrNOS. The maximum Gasteiger partial charge on any atom is 0.189 e. The maximum atomic E-state index is 11.9. The van der Waals surface area contributed by atoms with E-state index < -0.39 is 0 Å². The summed E-state index contributed by atoms with van der Waals surface area (Å²) in [6, 6.07) is 1.99. The molecule has 2 heterocycles. The molecule has 0 spiro atoms. The van der Waals surface area contributed by atoms with Crippen molar-refractivity contribution in [3.63, 3.8) is 0 Å². The Kier molecular flexibility index (Phi) is 3.04. The van der Waals surface area contributed by atoms with Crippen molar-refractivity contribution < 1.29 is 4.79 Å². The van der Waals surface area contributed by atoms with Crippen LogP contribution in [-0.2, 0) is 0 Å². The van der Waals surface area contributed by atoms with Crippen LogP contribution in [0.15, 0.2) is 10.5 Å². The van der Waals surface area contributed by atoms with Crippen LogP contribution in [0.1, 0.15) is 27.4 Å². The Morgan fingerprint density at radius 2 is 2.50 bits per heavy atom. The zero-order valence-corrected chi connectivity index (χ0v) is 10.4. The summed E-state index contributed by atoms with van der Waals surface area (Å²) in [4.78, 5) is 14.0. The number of carbonyl (C=O) groups excluding carboxylic acids is 1. The molecule has 1 aliphatic rings. The Morgan fingerprint density at radius 1 is 1.71 bits per heavy atom. The van der Waals surface area contributed by atoms with Crippen LogP contribution in [0.2, 0.25) is 0 Å². The van der Waals surface area contributed by atoms with Crippen LogP contribution in [0.3, 0.4) is 0 Å². The minimum absolute atomic E-state index is 0.0555. The molecule has 0 saturated carbocycles. The molecule has 1 saturated heterocycles. The molecular weight excluding hydrogens is 262 g/mol. The van der Waals surface area contributed by atoms with E-state index in [-0.39, 0.29) is 11.8 Å². The molecule has 1 aliphatic heterocycles. The van der Waals surface area contributed by atoms with Crippen LogP contribution in [-0.4, -0.2) is 18.4 Å². The maximum absolute atomic E-state index is 11.9. The number of hydrogen-bond acceptors (Lipinski definition) is 3. The third-order valence-corrected chi connectivity index (χ3v) is 4.63. The third-order valence-electron chi connectivity index (χ3n) is 2.48. The van der Waals surface area contributed by atoms with E-state index in [4.69, 9.17) is 0 Å². The number of carbonyl (C=O) groups is 1. The number of aryl methyl sites for hydroxylation is 1. The zero-order chi connectivity index (χ0) is 10.1. The molecule has 1 N–H and O–H groups in total. The summed E-state index contributed by atoms with van der Waals surface area (Å²) in [5.74, 6) is 0.251. The van der Waals surface area contributed by atoms with E-state index in [0.717, 1.165) is 28.7 Å². The molecule has 4 heteroatoms. The molecule has 1 aromatic rings. The molecule has 0 bridgehead atoms. The van der Waals surface area contributed by atoms with Gasteiger partial charge in [-0.2, -0.15) is 0 Å². The van der Waals surface area contributed by atoms with Crippen molar-refractivity contribution >= 4 is 33.0 Å². The Labute approximate surface area is 95.8 Å². The number of nitrogens with one attached hydrogen (secondary N) is 1. The number of hydrogen-bond donors (Lipinski definition) is 1. The van der Waals surface area contributed by atoms with Gasteiger partial charge in [0.1, 0.15) is 0 Å². The second-order valence-electron chi connectivity index (χ2n) is 3.53.